The van der Waals surface area contributed by atoms with E-state index in [1.807, 2.05) is 6.07 Å². The minimum absolute atomic E-state index is 0.280. The van der Waals surface area contributed by atoms with Gasteiger partial charge in [0, 0.05) is 25.0 Å². The highest BCUT2D eigenvalue weighted by molar-refractivity contribution is 7.79. The molecule has 0 bridgehead atoms. The Bertz CT molecular complexity index is 420. The molecule has 1 aromatic rings. The molecule has 6 heteroatoms. The zero-order valence-electron chi connectivity index (χ0n) is 10.2. The lowest BCUT2D eigenvalue weighted by molar-refractivity contribution is 0.393. The molecule has 2 N–H and O–H groups in total. The second kappa shape index (κ2) is 6.15. The fraction of sp³-hybridized carbons (Fsp3) is 0.583. The molecule has 1 unspecified atom stereocenters. The van der Waals surface area contributed by atoms with E-state index in [1.165, 1.54) is 0 Å². The number of anilines is 2. The second-order valence-corrected chi connectivity index (χ2v) is 5.68. The van der Waals surface area contributed by atoms with E-state index in [2.05, 4.69) is 9.88 Å². The average molecular weight is 268 g/mol. The average Bonchev–Trinajstić information content (AvgIpc) is 2.38. The van der Waals surface area contributed by atoms with Gasteiger partial charge >= 0.3 is 0 Å². The Morgan fingerprint density at radius 3 is 2.83 bits per heavy atom. The number of rotatable bonds is 4. The fourth-order valence-corrected chi connectivity index (χ4v) is 2.94. The Hall–Kier alpha value is -1.14. The molecule has 1 aliphatic heterocycles. The predicted octanol–water partition coefficient (Wildman–Crippen LogP) is 1.15. The third-order valence-electron chi connectivity index (χ3n) is 3.48. The highest BCUT2D eigenvalue weighted by atomic mass is 32.2. The van der Waals surface area contributed by atoms with Gasteiger partial charge in [-0.2, -0.15) is 0 Å². The van der Waals surface area contributed by atoms with Crippen LogP contribution in [0, 0.1) is 5.92 Å². The molecule has 0 saturated carbocycles. The van der Waals surface area contributed by atoms with E-state index in [9.17, 15) is 8.76 Å². The van der Waals surface area contributed by atoms with Gasteiger partial charge in [0.15, 0.2) is 0 Å². The van der Waals surface area contributed by atoms with Gasteiger partial charge in [-0.05, 0) is 31.2 Å². The molecule has 5 nitrogen and oxygen atoms in total. The topological polar surface area (TPSA) is 82.3 Å². The van der Waals surface area contributed by atoms with Crippen LogP contribution in [0.15, 0.2) is 18.5 Å². The largest absolute Gasteiger partial charge is 0.772 e. The van der Waals surface area contributed by atoms with Crippen LogP contribution in [0.2, 0.25) is 0 Å². The van der Waals surface area contributed by atoms with Crippen LogP contribution in [0.1, 0.15) is 19.3 Å². The first-order valence-electron chi connectivity index (χ1n) is 6.17. The van der Waals surface area contributed by atoms with Gasteiger partial charge in [0.05, 0.1) is 17.6 Å². The molecule has 1 aromatic heterocycles. The summed E-state index contributed by atoms with van der Waals surface area (Å²) in [4.78, 5) is 6.24. The summed E-state index contributed by atoms with van der Waals surface area (Å²) in [5, 5.41) is 0. The maximum Gasteiger partial charge on any atom is 0.0738 e. The fourth-order valence-electron chi connectivity index (χ4n) is 2.41. The van der Waals surface area contributed by atoms with Crippen molar-refractivity contribution in [3.63, 3.8) is 0 Å². The molecule has 2 heterocycles. The Morgan fingerprint density at radius 1 is 1.50 bits per heavy atom. The molecule has 0 aliphatic carbocycles. The number of nitrogen functional groups attached to an aromatic ring is 1. The van der Waals surface area contributed by atoms with E-state index in [0.29, 0.717) is 11.6 Å². The Balaban J connectivity index is 1.87. The summed E-state index contributed by atoms with van der Waals surface area (Å²) in [6.45, 7) is 1.87. The second-order valence-electron chi connectivity index (χ2n) is 4.66. The molecule has 1 atom stereocenters. The molecular formula is C12H18N3O2S-. The van der Waals surface area contributed by atoms with Crippen molar-refractivity contribution < 1.29 is 8.76 Å². The van der Waals surface area contributed by atoms with Crippen LogP contribution in [0.5, 0.6) is 0 Å². The Kier molecular flexibility index (Phi) is 4.54. The van der Waals surface area contributed by atoms with E-state index in [-0.39, 0.29) is 5.75 Å². The van der Waals surface area contributed by atoms with Gasteiger partial charge in [0.25, 0.3) is 0 Å². The summed E-state index contributed by atoms with van der Waals surface area (Å²) < 4.78 is 21.1. The standard InChI is InChI=1S/C12H19N3O2S/c13-11-9-14-5-1-12(11)15-6-2-10(3-7-15)4-8-18(16)17/h1,5,9-10H,2-4,6-8,13H2,(H,16,17)/p-1. The van der Waals surface area contributed by atoms with Crippen molar-refractivity contribution in [1.82, 2.24) is 4.98 Å². The molecule has 0 aromatic carbocycles. The summed E-state index contributed by atoms with van der Waals surface area (Å²) in [6, 6.07) is 1.93. The number of nitrogens with zero attached hydrogens (tertiary/aromatic N) is 2. The van der Waals surface area contributed by atoms with Gasteiger partial charge in [0.1, 0.15) is 0 Å². The Labute approximate surface area is 110 Å². The molecule has 1 saturated heterocycles. The summed E-state index contributed by atoms with van der Waals surface area (Å²) in [5.74, 6) is 0.796. The minimum atomic E-state index is -1.91. The lowest BCUT2D eigenvalue weighted by atomic mass is 9.94. The third-order valence-corrected chi connectivity index (χ3v) is 4.04. The first kappa shape index (κ1) is 13.3. The van der Waals surface area contributed by atoms with Gasteiger partial charge < -0.3 is 15.2 Å². The third kappa shape index (κ3) is 3.43. The summed E-state index contributed by atoms with van der Waals surface area (Å²) in [7, 11) is 0. The Morgan fingerprint density at radius 2 is 2.22 bits per heavy atom. The first-order chi connectivity index (χ1) is 8.66. The van der Waals surface area contributed by atoms with E-state index >= 15 is 0 Å². The van der Waals surface area contributed by atoms with Crippen LogP contribution in [-0.2, 0) is 11.1 Å². The smallest absolute Gasteiger partial charge is 0.0738 e. The van der Waals surface area contributed by atoms with E-state index < -0.39 is 11.1 Å². The lowest BCUT2D eigenvalue weighted by Gasteiger charge is -2.34. The summed E-state index contributed by atoms with van der Waals surface area (Å²) in [6.07, 6.45) is 6.24. The highest BCUT2D eigenvalue weighted by Gasteiger charge is 2.20. The molecular weight excluding hydrogens is 250 g/mol. The van der Waals surface area contributed by atoms with Crippen LogP contribution in [-0.4, -0.2) is 32.6 Å². The van der Waals surface area contributed by atoms with Crippen molar-refractivity contribution in [3.8, 4) is 0 Å². The van der Waals surface area contributed by atoms with Crippen molar-refractivity contribution in [2.24, 2.45) is 5.92 Å². The van der Waals surface area contributed by atoms with Gasteiger partial charge in [-0.3, -0.25) is 9.19 Å². The first-order valence-corrected chi connectivity index (χ1v) is 7.41. The monoisotopic (exact) mass is 268 g/mol. The molecule has 0 amide bonds. The van der Waals surface area contributed by atoms with Crippen LogP contribution >= 0.6 is 0 Å². The normalized spacial score (nSPS) is 18.8. The van der Waals surface area contributed by atoms with E-state index in [1.54, 1.807) is 12.4 Å². The number of pyridine rings is 1. The predicted molar refractivity (Wildman–Crippen MR) is 72.0 cm³/mol. The van der Waals surface area contributed by atoms with Crippen LogP contribution in [0.4, 0.5) is 11.4 Å². The molecule has 1 fully saturated rings. The molecule has 0 radical (unpaired) electrons. The highest BCUT2D eigenvalue weighted by Crippen LogP contribution is 2.28. The van der Waals surface area contributed by atoms with Gasteiger partial charge in [-0.1, -0.05) is 11.1 Å². The number of hydrogen-bond donors (Lipinski definition) is 1. The number of aromatic nitrogens is 1. The van der Waals surface area contributed by atoms with Crippen LogP contribution < -0.4 is 10.6 Å². The van der Waals surface area contributed by atoms with Crippen LogP contribution in [0.3, 0.4) is 0 Å². The quantitative estimate of drug-likeness (QED) is 0.828. The zero-order chi connectivity index (χ0) is 13.0. The number of nitrogens with two attached hydrogens (primary N) is 1. The molecule has 100 valence electrons. The molecule has 18 heavy (non-hydrogen) atoms. The van der Waals surface area contributed by atoms with Gasteiger partial charge in [-0.25, -0.2) is 0 Å². The number of hydrogen-bond acceptors (Lipinski definition) is 5. The molecule has 2 rings (SSSR count). The minimum Gasteiger partial charge on any atom is -0.772 e. The summed E-state index contributed by atoms with van der Waals surface area (Å²) >= 11 is -1.91. The van der Waals surface area contributed by atoms with Crippen molar-refractivity contribution in [3.05, 3.63) is 18.5 Å². The van der Waals surface area contributed by atoms with Crippen molar-refractivity contribution >= 4 is 22.5 Å². The number of piperidine rings is 1. The lowest BCUT2D eigenvalue weighted by Crippen LogP contribution is -2.34. The summed E-state index contributed by atoms with van der Waals surface area (Å²) in [5.41, 5.74) is 7.64. The van der Waals surface area contributed by atoms with Gasteiger partial charge in [0.2, 0.25) is 0 Å². The molecule has 1 aliphatic rings. The molecule has 0 spiro atoms. The van der Waals surface area contributed by atoms with Crippen molar-refractivity contribution in [1.29, 1.82) is 0 Å². The SMILES string of the molecule is Nc1cnccc1N1CCC(CCS(=O)[O-])CC1. The van der Waals surface area contributed by atoms with Gasteiger partial charge in [-0.15, -0.1) is 0 Å². The van der Waals surface area contributed by atoms with Crippen molar-refractivity contribution in [2.45, 2.75) is 19.3 Å². The van der Waals surface area contributed by atoms with E-state index in [0.717, 1.165) is 38.0 Å². The zero-order valence-corrected chi connectivity index (χ0v) is 11.1. The van der Waals surface area contributed by atoms with E-state index in [4.69, 9.17) is 5.73 Å². The van der Waals surface area contributed by atoms with Crippen LogP contribution in [0.25, 0.3) is 0 Å². The maximum atomic E-state index is 10.5. The van der Waals surface area contributed by atoms with Crippen molar-refractivity contribution in [2.75, 3.05) is 29.5 Å². The maximum absolute atomic E-state index is 10.5.